The van der Waals surface area contributed by atoms with Crippen molar-refractivity contribution in [1.29, 1.82) is 0 Å². The summed E-state index contributed by atoms with van der Waals surface area (Å²) in [6.07, 6.45) is 0.389. The number of Topliss-reactive ketones (excluding diaryl/α,β-unsaturated/α-hetero) is 2. The predicted molar refractivity (Wildman–Crippen MR) is 58.7 cm³/mol. The van der Waals surface area contributed by atoms with Gasteiger partial charge < -0.3 is 10.8 Å². The normalized spacial score (nSPS) is 7.73. The molecule has 0 aromatic rings. The Morgan fingerprint density at radius 3 is 1.00 bits per heavy atom. The minimum atomic E-state index is 0. The Morgan fingerprint density at radius 1 is 0.800 bits per heavy atom. The molecule has 0 rings (SSSR count). The molecule has 0 bridgehead atoms. The van der Waals surface area contributed by atoms with Crippen molar-refractivity contribution in [1.82, 2.24) is 0 Å². The van der Waals surface area contributed by atoms with E-state index in [4.69, 9.17) is 10.8 Å². The molecule has 88 valence electrons. The molecule has 0 radical (unpaired) electrons. The van der Waals surface area contributed by atoms with Gasteiger partial charge in [-0.25, -0.2) is 11.4 Å². The van der Waals surface area contributed by atoms with Crippen LogP contribution in [0.5, 0.6) is 0 Å². The molecular formula is C10H16N2NiO2. The van der Waals surface area contributed by atoms with Gasteiger partial charge in [-0.05, 0) is 13.8 Å². The van der Waals surface area contributed by atoms with E-state index >= 15 is 0 Å². The summed E-state index contributed by atoms with van der Waals surface area (Å²) in [6, 6.07) is 0. The van der Waals surface area contributed by atoms with Crippen molar-refractivity contribution in [2.45, 2.75) is 40.5 Å². The topological polar surface area (TPSA) is 78.7 Å². The summed E-state index contributed by atoms with van der Waals surface area (Å²) in [5.41, 5.74) is 0.375. The van der Waals surface area contributed by atoms with Crippen LogP contribution in [-0.2, 0) is 26.1 Å². The van der Waals surface area contributed by atoms with Gasteiger partial charge in [0.25, 0.3) is 0 Å². The molecule has 0 spiro atoms. The van der Waals surface area contributed by atoms with Gasteiger partial charge in [0.2, 0.25) is 0 Å². The fraction of sp³-hybridized carbons (Fsp3) is 0.600. The second-order valence-electron chi connectivity index (χ2n) is 3.23. The first-order valence-corrected chi connectivity index (χ1v) is 4.27. The molecule has 15 heavy (non-hydrogen) atoms. The van der Waals surface area contributed by atoms with Crippen molar-refractivity contribution in [3.8, 4) is 0 Å². The van der Waals surface area contributed by atoms with Gasteiger partial charge in [-0.1, -0.05) is 13.8 Å². The molecule has 0 aromatic carbocycles. The summed E-state index contributed by atoms with van der Waals surface area (Å²) in [5, 5.41) is 16.8. The maximum atomic E-state index is 10.1. The summed E-state index contributed by atoms with van der Waals surface area (Å²) in [4.78, 5) is 20.1. The summed E-state index contributed by atoms with van der Waals surface area (Å²) in [6.45, 7) is 5.92. The Balaban J connectivity index is -0.000000180. The molecule has 0 saturated carbocycles. The Kier molecular flexibility index (Phi) is 14.8. The number of carbonyl (C=O) groups excluding carboxylic acids is 2. The zero-order valence-electron chi connectivity index (χ0n) is 9.44. The third-order valence-corrected chi connectivity index (χ3v) is 1.01. The van der Waals surface area contributed by atoms with E-state index in [2.05, 4.69) is 0 Å². The summed E-state index contributed by atoms with van der Waals surface area (Å²) < 4.78 is 0. The largest absolute Gasteiger partial charge is 2.00 e. The van der Waals surface area contributed by atoms with E-state index in [-0.39, 0.29) is 52.3 Å². The van der Waals surface area contributed by atoms with Crippen LogP contribution < -0.4 is 0 Å². The van der Waals surface area contributed by atoms with Crippen molar-refractivity contribution >= 4 is 23.0 Å². The molecule has 0 saturated heterocycles. The first-order chi connectivity index (χ1) is 6.25. The summed E-state index contributed by atoms with van der Waals surface area (Å²) in [5.74, 6) is 0.000000000000000444. The zero-order valence-corrected chi connectivity index (χ0v) is 10.4. The van der Waals surface area contributed by atoms with Gasteiger partial charge in [0.15, 0.2) is 0 Å². The van der Waals surface area contributed by atoms with Gasteiger partial charge in [0, 0.05) is 12.8 Å². The van der Waals surface area contributed by atoms with E-state index in [1.54, 1.807) is 0 Å². The molecule has 0 amide bonds. The molecule has 4 nitrogen and oxygen atoms in total. The maximum Gasteiger partial charge on any atom is 2.00 e. The molecule has 0 aliphatic carbocycles. The Bertz CT molecular complexity index is 200. The van der Waals surface area contributed by atoms with Crippen LogP contribution in [0.1, 0.15) is 40.5 Å². The Morgan fingerprint density at radius 2 is 1.00 bits per heavy atom. The SMILES string of the molecule is CC(=[N-])CC(C)=O.CC(=[N-])CC(C)=O.[Ni+2]. The molecule has 0 atom stereocenters. The summed E-state index contributed by atoms with van der Waals surface area (Å²) in [7, 11) is 0. The molecule has 0 fully saturated rings. The van der Waals surface area contributed by atoms with E-state index in [0.717, 1.165) is 0 Å². The van der Waals surface area contributed by atoms with Gasteiger partial charge in [-0.2, -0.15) is 0 Å². The molecule has 0 aromatic heterocycles. The van der Waals surface area contributed by atoms with Crippen LogP contribution in [0.15, 0.2) is 0 Å². The first kappa shape index (κ1) is 19.7. The van der Waals surface area contributed by atoms with Gasteiger partial charge in [-0.3, -0.25) is 9.59 Å². The molecule has 0 heterocycles. The van der Waals surface area contributed by atoms with Crippen molar-refractivity contribution in [3.63, 3.8) is 0 Å². The molecule has 5 heteroatoms. The fourth-order valence-corrected chi connectivity index (χ4v) is 0.721. The number of hydrogen-bond donors (Lipinski definition) is 0. The van der Waals surface area contributed by atoms with Crippen molar-refractivity contribution in [3.05, 3.63) is 10.8 Å². The smallest absolute Gasteiger partial charge is 0.811 e. The van der Waals surface area contributed by atoms with E-state index in [1.807, 2.05) is 0 Å². The average molecular weight is 255 g/mol. The summed E-state index contributed by atoms with van der Waals surface area (Å²) >= 11 is 0. The molecule has 0 N–H and O–H groups in total. The molecule has 0 unspecified atom stereocenters. The average Bonchev–Trinajstić information content (AvgIpc) is 1.79. The van der Waals surface area contributed by atoms with Crippen molar-refractivity contribution < 1.29 is 26.1 Å². The Labute approximate surface area is 101 Å². The quantitative estimate of drug-likeness (QED) is 0.568. The van der Waals surface area contributed by atoms with Crippen LogP contribution in [0.3, 0.4) is 0 Å². The monoisotopic (exact) mass is 254 g/mol. The second kappa shape index (κ2) is 11.2. The van der Waals surface area contributed by atoms with Crippen LogP contribution in [0.25, 0.3) is 10.8 Å². The molecular weight excluding hydrogens is 239 g/mol. The first-order valence-electron chi connectivity index (χ1n) is 4.27. The number of ketones is 2. The maximum absolute atomic E-state index is 10.1. The minimum Gasteiger partial charge on any atom is -0.811 e. The standard InChI is InChI=1S/2C5H8NO.Ni/c2*1-4(6)3-5(2)7;/h2*3H2,1-2H3;/q2*-1;+2. The predicted octanol–water partition coefficient (Wildman–Crippen LogP) is 1.99. The van der Waals surface area contributed by atoms with Crippen LogP contribution in [0.2, 0.25) is 0 Å². The van der Waals surface area contributed by atoms with Crippen LogP contribution in [-0.4, -0.2) is 23.0 Å². The van der Waals surface area contributed by atoms with Gasteiger partial charge in [-0.15, -0.1) is 0 Å². The number of rotatable bonds is 4. The van der Waals surface area contributed by atoms with Crippen LogP contribution in [0.4, 0.5) is 0 Å². The van der Waals surface area contributed by atoms with Gasteiger partial charge in [0.05, 0.1) is 0 Å². The minimum absolute atomic E-state index is 0. The van der Waals surface area contributed by atoms with E-state index in [0.29, 0.717) is 0 Å². The van der Waals surface area contributed by atoms with Crippen LogP contribution >= 0.6 is 0 Å². The van der Waals surface area contributed by atoms with Crippen molar-refractivity contribution in [2.24, 2.45) is 0 Å². The number of carbonyl (C=O) groups is 2. The third-order valence-electron chi connectivity index (χ3n) is 1.01. The Hall–Kier alpha value is -0.826. The molecule has 0 aliphatic heterocycles. The van der Waals surface area contributed by atoms with E-state index in [1.165, 1.54) is 27.7 Å². The zero-order chi connectivity index (χ0) is 11.7. The fourth-order valence-electron chi connectivity index (χ4n) is 0.721. The van der Waals surface area contributed by atoms with E-state index < -0.39 is 0 Å². The number of hydrogen-bond acceptors (Lipinski definition) is 2. The van der Waals surface area contributed by atoms with Gasteiger partial charge >= 0.3 is 16.5 Å². The van der Waals surface area contributed by atoms with Gasteiger partial charge in [0.1, 0.15) is 11.6 Å². The third kappa shape index (κ3) is 32.0. The van der Waals surface area contributed by atoms with Crippen molar-refractivity contribution in [2.75, 3.05) is 0 Å². The van der Waals surface area contributed by atoms with Crippen LogP contribution in [0, 0.1) is 0 Å². The van der Waals surface area contributed by atoms with E-state index in [9.17, 15) is 9.59 Å². The number of nitrogens with zero attached hydrogens (tertiary/aromatic N) is 2. The second-order valence-corrected chi connectivity index (χ2v) is 3.23. The molecule has 0 aliphatic rings.